The predicted molar refractivity (Wildman–Crippen MR) is 114 cm³/mol. The van der Waals surface area contributed by atoms with Crippen LogP contribution in [0.1, 0.15) is 31.2 Å². The number of fused-ring (bicyclic) bond motifs is 3. The summed E-state index contributed by atoms with van der Waals surface area (Å²) >= 11 is 0. The van der Waals surface area contributed by atoms with E-state index in [9.17, 15) is 24.3 Å². The highest BCUT2D eigenvalue weighted by Gasteiger charge is 2.55. The van der Waals surface area contributed by atoms with Crippen molar-refractivity contribution in [1.82, 2.24) is 4.90 Å². The lowest BCUT2D eigenvalue weighted by Gasteiger charge is -2.42. The van der Waals surface area contributed by atoms with Crippen molar-refractivity contribution in [1.29, 1.82) is 0 Å². The van der Waals surface area contributed by atoms with Crippen molar-refractivity contribution in [3.8, 4) is 11.5 Å². The first-order chi connectivity index (χ1) is 15.3. The van der Waals surface area contributed by atoms with Gasteiger partial charge in [0.2, 0.25) is 11.8 Å². The number of para-hydroxylation sites is 1. The number of ether oxygens (including phenoxy) is 1. The summed E-state index contributed by atoms with van der Waals surface area (Å²) in [4.78, 5) is 53.1. The zero-order valence-electron chi connectivity index (χ0n) is 18.0. The molecule has 0 radical (unpaired) electrons. The average Bonchev–Trinajstić information content (AvgIpc) is 3.00. The van der Waals surface area contributed by atoms with E-state index in [1.807, 2.05) is 6.08 Å². The molecule has 0 aromatic heterocycles. The number of phenols is 1. The Bertz CT molecular complexity index is 1200. The number of Topliss-reactive ketones (excluding diaryl/α,β-unsaturated/α-hetero) is 1. The van der Waals surface area contributed by atoms with E-state index in [4.69, 9.17) is 4.74 Å². The number of amides is 2. The van der Waals surface area contributed by atoms with Gasteiger partial charge in [-0.2, -0.15) is 0 Å². The Morgan fingerprint density at radius 1 is 1.09 bits per heavy atom. The second-order valence-corrected chi connectivity index (χ2v) is 8.86. The minimum atomic E-state index is -0.686. The molecule has 0 saturated carbocycles. The predicted octanol–water partition coefficient (Wildman–Crippen LogP) is 2.46. The fourth-order valence-corrected chi connectivity index (χ4v) is 5.81. The quantitative estimate of drug-likeness (QED) is 0.437. The molecule has 2 amide bonds. The molecule has 5 rings (SSSR count). The fourth-order valence-electron chi connectivity index (χ4n) is 5.81. The fraction of sp³-hybridized carbons (Fsp3) is 0.360. The lowest BCUT2D eigenvalue weighted by Crippen LogP contribution is -2.39. The van der Waals surface area contributed by atoms with Gasteiger partial charge in [0.15, 0.2) is 23.1 Å². The molecule has 32 heavy (non-hydrogen) atoms. The number of aromatic hydroxyl groups is 1. The Balaban J connectivity index is 1.75. The van der Waals surface area contributed by atoms with Crippen LogP contribution in [0, 0.1) is 17.8 Å². The van der Waals surface area contributed by atoms with E-state index in [1.165, 1.54) is 25.1 Å². The highest BCUT2D eigenvalue weighted by Crippen LogP contribution is 2.56. The normalized spacial score (nSPS) is 29.4. The monoisotopic (exact) mass is 433 g/mol. The van der Waals surface area contributed by atoms with E-state index in [0.29, 0.717) is 28.7 Å². The Morgan fingerprint density at radius 3 is 2.56 bits per heavy atom. The number of phenolic OH excluding ortho intramolecular Hbond substituents is 1. The number of methoxy groups -OCH3 is 1. The van der Waals surface area contributed by atoms with E-state index in [2.05, 4.69) is 0 Å². The molecule has 1 fully saturated rings. The third-order valence-electron chi connectivity index (χ3n) is 7.35. The van der Waals surface area contributed by atoms with Gasteiger partial charge in [-0.1, -0.05) is 23.8 Å². The first-order valence-corrected chi connectivity index (χ1v) is 10.6. The van der Waals surface area contributed by atoms with Crippen LogP contribution < -0.4 is 4.74 Å². The third kappa shape index (κ3) is 2.60. The van der Waals surface area contributed by atoms with Crippen LogP contribution in [-0.4, -0.2) is 47.5 Å². The van der Waals surface area contributed by atoms with Crippen LogP contribution in [0.15, 0.2) is 52.6 Å². The Hall–Kier alpha value is -3.48. The van der Waals surface area contributed by atoms with Gasteiger partial charge in [0.1, 0.15) is 0 Å². The number of nitrogens with zero attached hydrogens (tertiary/aromatic N) is 1. The summed E-state index contributed by atoms with van der Waals surface area (Å²) in [6, 6.07) is 5.05. The number of imide groups is 1. The van der Waals surface area contributed by atoms with Crippen molar-refractivity contribution in [2.24, 2.45) is 17.8 Å². The van der Waals surface area contributed by atoms with E-state index in [-0.39, 0.29) is 41.3 Å². The molecule has 1 aromatic carbocycles. The molecule has 7 nitrogen and oxygen atoms in total. The number of ketones is 2. The molecule has 4 atom stereocenters. The third-order valence-corrected chi connectivity index (χ3v) is 7.35. The second kappa shape index (κ2) is 7.02. The van der Waals surface area contributed by atoms with Gasteiger partial charge in [0.25, 0.3) is 0 Å². The van der Waals surface area contributed by atoms with Crippen molar-refractivity contribution < 1.29 is 29.0 Å². The summed E-state index contributed by atoms with van der Waals surface area (Å²) in [7, 11) is 2.93. The van der Waals surface area contributed by atoms with Gasteiger partial charge < -0.3 is 9.84 Å². The Kier molecular flexibility index (Phi) is 4.48. The lowest BCUT2D eigenvalue weighted by atomic mass is 9.59. The van der Waals surface area contributed by atoms with E-state index in [1.54, 1.807) is 25.1 Å². The van der Waals surface area contributed by atoms with Gasteiger partial charge in [0.05, 0.1) is 18.9 Å². The molecular weight excluding hydrogens is 410 g/mol. The number of carbonyl (C=O) groups is 4. The second-order valence-electron chi connectivity index (χ2n) is 8.86. The molecule has 4 unspecified atom stereocenters. The maximum absolute atomic E-state index is 13.3. The van der Waals surface area contributed by atoms with Crippen LogP contribution >= 0.6 is 0 Å². The minimum Gasteiger partial charge on any atom is -0.504 e. The first-order valence-electron chi connectivity index (χ1n) is 10.6. The summed E-state index contributed by atoms with van der Waals surface area (Å²) in [6.45, 7) is 1.61. The highest BCUT2D eigenvalue weighted by molar-refractivity contribution is 6.24. The average molecular weight is 433 g/mol. The molecule has 1 aromatic rings. The summed E-state index contributed by atoms with van der Waals surface area (Å²) in [5.41, 5.74) is 2.32. The molecule has 1 saturated heterocycles. The van der Waals surface area contributed by atoms with E-state index in [0.717, 1.165) is 5.57 Å². The standard InChI is InChI=1S/C25H23NO6/c1-11-9-17(27)16-10-15-12(7-8-14-20(15)25(31)26(2)24(14)30)19(21(16)22(11)28)13-5-4-6-18(32-3)23(13)29/h4-7,9,14-15,19-20,29H,8,10H2,1-3H3. The lowest BCUT2D eigenvalue weighted by molar-refractivity contribution is -0.138. The highest BCUT2D eigenvalue weighted by atomic mass is 16.5. The zero-order chi connectivity index (χ0) is 22.9. The maximum Gasteiger partial charge on any atom is 0.233 e. The number of rotatable bonds is 2. The SMILES string of the molecule is COc1cccc(C2C3=CCC4C(=O)N(C)C(=O)C4C3CC3=C2C(=O)C(C)=CC3=O)c1O. The molecular formula is C25H23NO6. The summed E-state index contributed by atoms with van der Waals surface area (Å²) in [5.74, 6) is -2.92. The van der Waals surface area contributed by atoms with Crippen molar-refractivity contribution in [2.75, 3.05) is 14.2 Å². The van der Waals surface area contributed by atoms with Gasteiger partial charge >= 0.3 is 0 Å². The number of benzene rings is 1. The molecule has 7 heteroatoms. The molecule has 1 heterocycles. The van der Waals surface area contributed by atoms with Crippen LogP contribution in [0.3, 0.4) is 0 Å². The number of hydrogen-bond acceptors (Lipinski definition) is 6. The largest absolute Gasteiger partial charge is 0.504 e. The maximum atomic E-state index is 13.3. The Morgan fingerprint density at radius 2 is 1.84 bits per heavy atom. The Labute approximate surface area is 185 Å². The van der Waals surface area contributed by atoms with Crippen LogP contribution in [0.4, 0.5) is 0 Å². The van der Waals surface area contributed by atoms with E-state index < -0.39 is 23.7 Å². The zero-order valence-corrected chi connectivity index (χ0v) is 18.0. The van der Waals surface area contributed by atoms with E-state index >= 15 is 0 Å². The molecule has 0 spiro atoms. The van der Waals surface area contributed by atoms with Gasteiger partial charge in [-0.25, -0.2) is 0 Å². The first kappa shape index (κ1) is 20.4. The van der Waals surface area contributed by atoms with Crippen molar-refractivity contribution in [3.05, 3.63) is 58.2 Å². The molecule has 4 aliphatic rings. The molecule has 164 valence electrons. The van der Waals surface area contributed by atoms with Crippen molar-refractivity contribution in [2.45, 2.75) is 25.7 Å². The van der Waals surface area contributed by atoms with Crippen LogP contribution in [0.25, 0.3) is 0 Å². The number of likely N-dealkylation sites (tertiary alicyclic amines) is 1. The minimum absolute atomic E-state index is 0.103. The number of carbonyl (C=O) groups excluding carboxylic acids is 4. The molecule has 3 aliphatic carbocycles. The van der Waals surface area contributed by atoms with Gasteiger partial charge in [-0.3, -0.25) is 24.1 Å². The van der Waals surface area contributed by atoms with Gasteiger partial charge in [0, 0.05) is 35.2 Å². The number of hydrogen-bond donors (Lipinski definition) is 1. The van der Waals surface area contributed by atoms with Gasteiger partial charge in [-0.15, -0.1) is 0 Å². The van der Waals surface area contributed by atoms with Crippen LogP contribution in [0.5, 0.6) is 11.5 Å². The molecule has 1 aliphatic heterocycles. The van der Waals surface area contributed by atoms with Crippen molar-refractivity contribution in [3.63, 3.8) is 0 Å². The van der Waals surface area contributed by atoms with Crippen molar-refractivity contribution >= 4 is 23.4 Å². The summed E-state index contributed by atoms with van der Waals surface area (Å²) in [6.07, 6.45) is 3.87. The summed E-state index contributed by atoms with van der Waals surface area (Å²) < 4.78 is 5.28. The summed E-state index contributed by atoms with van der Waals surface area (Å²) in [5, 5.41) is 10.9. The number of allylic oxidation sites excluding steroid dienone is 6. The smallest absolute Gasteiger partial charge is 0.233 e. The van der Waals surface area contributed by atoms with Crippen LogP contribution in [-0.2, 0) is 19.2 Å². The topological polar surface area (TPSA) is 101 Å². The van der Waals surface area contributed by atoms with Crippen LogP contribution in [0.2, 0.25) is 0 Å². The molecule has 0 bridgehead atoms. The molecule has 1 N–H and O–H groups in total. The van der Waals surface area contributed by atoms with Gasteiger partial charge in [-0.05, 0) is 37.8 Å².